The molecule has 1 unspecified atom stereocenters. The van der Waals surface area contributed by atoms with Gasteiger partial charge >= 0.3 is 5.97 Å². The van der Waals surface area contributed by atoms with E-state index in [1.165, 1.54) is 4.90 Å². The van der Waals surface area contributed by atoms with Crippen molar-refractivity contribution in [1.29, 1.82) is 0 Å². The van der Waals surface area contributed by atoms with Crippen LogP contribution >= 0.6 is 12.6 Å². The Kier molecular flexibility index (Phi) is 2.38. The third kappa shape index (κ3) is 2.11. The fourth-order valence-corrected chi connectivity index (χ4v) is 1.42. The Hall–Kier alpha value is -0.710. The van der Waals surface area contributed by atoms with Gasteiger partial charge in [-0.3, -0.25) is 9.59 Å². The van der Waals surface area contributed by atoms with Crippen LogP contribution in [0.3, 0.4) is 0 Å². The van der Waals surface area contributed by atoms with E-state index >= 15 is 0 Å². The highest BCUT2D eigenvalue weighted by atomic mass is 32.1. The molecule has 1 aliphatic heterocycles. The number of carbonyl (C=O) groups excluding carboxylic acids is 1. The number of carboxylic acid groups (broad SMARTS) is 1. The molecule has 5 heteroatoms. The van der Waals surface area contributed by atoms with E-state index in [4.69, 9.17) is 5.11 Å². The quantitative estimate of drug-likeness (QED) is 0.561. The zero-order valence-electron chi connectivity index (χ0n) is 5.86. The molecular formula is C6H9NO3S. The Bertz CT molecular complexity index is 194. The Morgan fingerprint density at radius 3 is 2.82 bits per heavy atom. The number of hydrogen-bond donors (Lipinski definition) is 2. The van der Waals surface area contributed by atoms with Crippen LogP contribution in [0.25, 0.3) is 0 Å². The largest absolute Gasteiger partial charge is 0.480 e. The summed E-state index contributed by atoms with van der Waals surface area (Å²) in [7, 11) is 0. The number of carbonyl (C=O) groups is 2. The second kappa shape index (κ2) is 3.13. The van der Waals surface area contributed by atoms with Gasteiger partial charge in [0.1, 0.15) is 6.54 Å². The van der Waals surface area contributed by atoms with Crippen LogP contribution in [0.1, 0.15) is 6.42 Å². The minimum atomic E-state index is -0.971. The Labute approximate surface area is 69.6 Å². The number of likely N-dealkylation sites (tertiary alicyclic amines) is 1. The highest BCUT2D eigenvalue weighted by molar-refractivity contribution is 7.81. The van der Waals surface area contributed by atoms with Gasteiger partial charge in [-0.15, -0.1) is 0 Å². The summed E-state index contributed by atoms with van der Waals surface area (Å²) in [4.78, 5) is 22.4. The molecule has 0 radical (unpaired) electrons. The van der Waals surface area contributed by atoms with Gasteiger partial charge in [0.2, 0.25) is 5.91 Å². The summed E-state index contributed by atoms with van der Waals surface area (Å²) in [6.07, 6.45) is 0.358. The highest BCUT2D eigenvalue weighted by Crippen LogP contribution is 2.14. The van der Waals surface area contributed by atoms with E-state index in [-0.39, 0.29) is 17.7 Å². The summed E-state index contributed by atoms with van der Waals surface area (Å²) >= 11 is 4.08. The lowest BCUT2D eigenvalue weighted by atomic mass is 10.4. The summed E-state index contributed by atoms with van der Waals surface area (Å²) in [5, 5.41) is 8.36. The second-order valence-electron chi connectivity index (χ2n) is 2.53. The average molecular weight is 175 g/mol. The molecule has 1 fully saturated rings. The van der Waals surface area contributed by atoms with Crippen molar-refractivity contribution in [3.8, 4) is 0 Å². The molecular weight excluding hydrogens is 166 g/mol. The number of hydrogen-bond acceptors (Lipinski definition) is 3. The number of amides is 1. The monoisotopic (exact) mass is 175 g/mol. The summed E-state index contributed by atoms with van der Waals surface area (Å²) in [5.74, 6) is -1.09. The van der Waals surface area contributed by atoms with Gasteiger partial charge in [-0.05, 0) is 0 Å². The maximum absolute atomic E-state index is 10.9. The molecule has 0 aliphatic carbocycles. The Morgan fingerprint density at radius 1 is 1.82 bits per heavy atom. The first kappa shape index (κ1) is 8.39. The van der Waals surface area contributed by atoms with E-state index in [9.17, 15) is 9.59 Å². The molecule has 0 saturated carbocycles. The fourth-order valence-electron chi connectivity index (χ4n) is 1.07. The van der Waals surface area contributed by atoms with E-state index in [0.717, 1.165) is 0 Å². The molecule has 1 amide bonds. The van der Waals surface area contributed by atoms with Gasteiger partial charge in [-0.1, -0.05) is 0 Å². The van der Waals surface area contributed by atoms with Crippen LogP contribution in [0.4, 0.5) is 0 Å². The van der Waals surface area contributed by atoms with Crippen molar-refractivity contribution in [2.24, 2.45) is 0 Å². The zero-order chi connectivity index (χ0) is 8.43. The second-order valence-corrected chi connectivity index (χ2v) is 3.26. The van der Waals surface area contributed by atoms with Crippen molar-refractivity contribution in [3.05, 3.63) is 0 Å². The van der Waals surface area contributed by atoms with Crippen LogP contribution in [0.5, 0.6) is 0 Å². The zero-order valence-corrected chi connectivity index (χ0v) is 6.75. The topological polar surface area (TPSA) is 57.6 Å². The summed E-state index contributed by atoms with van der Waals surface area (Å²) < 4.78 is 0. The number of carboxylic acids is 1. The van der Waals surface area contributed by atoms with Gasteiger partial charge in [0.25, 0.3) is 0 Å². The molecule has 4 nitrogen and oxygen atoms in total. The minimum absolute atomic E-state index is 0.00171. The Balaban J connectivity index is 2.47. The van der Waals surface area contributed by atoms with Crippen molar-refractivity contribution < 1.29 is 14.7 Å². The van der Waals surface area contributed by atoms with Gasteiger partial charge in [0.15, 0.2) is 0 Å². The molecule has 1 heterocycles. The number of nitrogens with zero attached hydrogens (tertiary/aromatic N) is 1. The van der Waals surface area contributed by atoms with Crippen molar-refractivity contribution >= 4 is 24.5 Å². The number of rotatable bonds is 2. The lowest BCUT2D eigenvalue weighted by Gasteiger charge is -2.11. The molecule has 0 aromatic carbocycles. The van der Waals surface area contributed by atoms with Gasteiger partial charge in [0.05, 0.1) is 0 Å². The molecule has 1 N–H and O–H groups in total. The number of thiol groups is 1. The molecule has 0 aromatic heterocycles. The summed E-state index contributed by atoms with van der Waals surface area (Å²) in [6.45, 7) is 0.254. The third-order valence-electron chi connectivity index (χ3n) is 1.52. The van der Waals surface area contributed by atoms with Crippen LogP contribution in [-0.4, -0.2) is 40.2 Å². The van der Waals surface area contributed by atoms with Crippen LogP contribution in [-0.2, 0) is 9.59 Å². The van der Waals surface area contributed by atoms with Crippen molar-refractivity contribution in [2.45, 2.75) is 11.7 Å². The molecule has 1 atom stereocenters. The highest BCUT2D eigenvalue weighted by Gasteiger charge is 2.28. The fraction of sp³-hybridized carbons (Fsp3) is 0.667. The molecule has 1 aliphatic rings. The molecule has 1 saturated heterocycles. The van der Waals surface area contributed by atoms with E-state index < -0.39 is 5.97 Å². The van der Waals surface area contributed by atoms with Gasteiger partial charge in [-0.2, -0.15) is 12.6 Å². The van der Waals surface area contributed by atoms with Crippen LogP contribution < -0.4 is 0 Å². The van der Waals surface area contributed by atoms with Crippen molar-refractivity contribution in [3.63, 3.8) is 0 Å². The van der Waals surface area contributed by atoms with Crippen LogP contribution in [0.2, 0.25) is 0 Å². The van der Waals surface area contributed by atoms with Crippen LogP contribution in [0, 0.1) is 0 Å². The molecule has 0 aromatic rings. The smallest absolute Gasteiger partial charge is 0.323 e. The first-order chi connectivity index (χ1) is 5.09. The third-order valence-corrected chi connectivity index (χ3v) is 1.87. The van der Waals surface area contributed by atoms with Crippen LogP contribution in [0.15, 0.2) is 0 Å². The van der Waals surface area contributed by atoms with Crippen molar-refractivity contribution in [2.75, 3.05) is 13.1 Å². The number of aliphatic carboxylic acids is 1. The first-order valence-corrected chi connectivity index (χ1v) is 3.79. The molecule has 11 heavy (non-hydrogen) atoms. The predicted molar refractivity (Wildman–Crippen MR) is 41.6 cm³/mol. The maximum atomic E-state index is 10.9. The Morgan fingerprint density at radius 2 is 2.45 bits per heavy atom. The molecule has 0 bridgehead atoms. The van der Waals surface area contributed by atoms with Gasteiger partial charge < -0.3 is 10.0 Å². The SMILES string of the molecule is O=C(O)CN1CC(S)CC1=O. The van der Waals surface area contributed by atoms with E-state index in [2.05, 4.69) is 12.6 Å². The van der Waals surface area contributed by atoms with Gasteiger partial charge in [0, 0.05) is 18.2 Å². The molecule has 62 valence electrons. The predicted octanol–water partition coefficient (Wildman–Crippen LogP) is -0.398. The average Bonchev–Trinajstić information content (AvgIpc) is 2.09. The van der Waals surface area contributed by atoms with E-state index in [1.54, 1.807) is 0 Å². The van der Waals surface area contributed by atoms with E-state index in [0.29, 0.717) is 13.0 Å². The molecule has 1 rings (SSSR count). The standard InChI is InChI=1S/C6H9NO3S/c8-5-1-4(11)2-7(5)3-6(9)10/h4,11H,1-3H2,(H,9,10). The first-order valence-electron chi connectivity index (χ1n) is 3.27. The lowest BCUT2D eigenvalue weighted by molar-refractivity contribution is -0.142. The van der Waals surface area contributed by atoms with E-state index in [1.807, 2.05) is 0 Å². The minimum Gasteiger partial charge on any atom is -0.480 e. The normalized spacial score (nSPS) is 24.3. The lowest BCUT2D eigenvalue weighted by Crippen LogP contribution is -2.31. The van der Waals surface area contributed by atoms with Crippen molar-refractivity contribution in [1.82, 2.24) is 4.90 Å². The summed E-state index contributed by atoms with van der Waals surface area (Å²) in [5.41, 5.74) is 0. The maximum Gasteiger partial charge on any atom is 0.323 e. The summed E-state index contributed by atoms with van der Waals surface area (Å²) in [6, 6.07) is 0. The molecule has 0 spiro atoms. The van der Waals surface area contributed by atoms with Gasteiger partial charge in [-0.25, -0.2) is 0 Å².